The molecule has 3 rings (SSSR count). The number of benzene rings is 1. The molecule has 0 radical (unpaired) electrons. The topological polar surface area (TPSA) is 77.5 Å². The highest BCUT2D eigenvalue weighted by Gasteiger charge is 2.24. The summed E-state index contributed by atoms with van der Waals surface area (Å²) in [7, 11) is 0. The lowest BCUT2D eigenvalue weighted by Gasteiger charge is -1.99. The molecular weight excluding hydrogens is 218 g/mol. The molecule has 2 heterocycles. The molecule has 86 valence electrons. The van der Waals surface area contributed by atoms with Crippen molar-refractivity contribution < 1.29 is 10.0 Å². The largest absolute Gasteiger partial charge is 0.411 e. The Bertz CT molecular complexity index is 628. The van der Waals surface area contributed by atoms with E-state index in [2.05, 4.69) is 15.5 Å². The van der Waals surface area contributed by atoms with Gasteiger partial charge < -0.3 is 15.5 Å². The van der Waals surface area contributed by atoms with Gasteiger partial charge in [0.2, 0.25) is 0 Å². The molecule has 1 amide bonds. The van der Waals surface area contributed by atoms with Crippen molar-refractivity contribution in [2.45, 2.75) is 6.42 Å². The molecule has 3 N–H and O–H groups in total. The van der Waals surface area contributed by atoms with Crippen molar-refractivity contribution in [2.75, 3.05) is 6.54 Å². The van der Waals surface area contributed by atoms with E-state index in [4.69, 9.17) is 5.21 Å². The third-order valence-electron chi connectivity index (χ3n) is 2.99. The predicted molar refractivity (Wildman–Crippen MR) is 63.6 cm³/mol. The molecule has 1 aromatic carbocycles. The molecule has 0 aliphatic carbocycles. The number of rotatable bonds is 0. The Morgan fingerprint density at radius 3 is 2.94 bits per heavy atom. The van der Waals surface area contributed by atoms with Crippen LogP contribution in [0, 0.1) is 0 Å². The fourth-order valence-electron chi connectivity index (χ4n) is 2.22. The molecule has 0 saturated carbocycles. The van der Waals surface area contributed by atoms with Crippen LogP contribution < -0.4 is 5.32 Å². The number of H-pyrrole nitrogens is 1. The fraction of sp³-hybridized carbons (Fsp3) is 0.167. The Kier molecular flexibility index (Phi) is 2.11. The molecule has 1 aromatic heterocycles. The van der Waals surface area contributed by atoms with Crippen LogP contribution in [0.3, 0.4) is 0 Å². The van der Waals surface area contributed by atoms with E-state index < -0.39 is 0 Å². The third-order valence-corrected chi connectivity index (χ3v) is 2.99. The Morgan fingerprint density at radius 2 is 2.12 bits per heavy atom. The van der Waals surface area contributed by atoms with Gasteiger partial charge in [-0.25, -0.2) is 0 Å². The Morgan fingerprint density at radius 1 is 1.29 bits per heavy atom. The van der Waals surface area contributed by atoms with E-state index in [1.165, 1.54) is 0 Å². The van der Waals surface area contributed by atoms with Gasteiger partial charge in [-0.2, -0.15) is 0 Å². The molecule has 0 spiro atoms. The first-order valence-corrected chi connectivity index (χ1v) is 5.41. The van der Waals surface area contributed by atoms with Gasteiger partial charge in [-0.1, -0.05) is 23.4 Å². The van der Waals surface area contributed by atoms with Crippen LogP contribution in [0.1, 0.15) is 22.5 Å². The number of carbonyl (C=O) groups is 1. The SMILES string of the molecule is O=C1NCC/C(=N\O)c2c1[nH]c1ccccc21. The molecule has 0 fully saturated rings. The van der Waals surface area contributed by atoms with Crippen LogP contribution in [0.25, 0.3) is 10.9 Å². The quantitative estimate of drug-likeness (QED) is 0.472. The zero-order valence-electron chi connectivity index (χ0n) is 9.03. The summed E-state index contributed by atoms with van der Waals surface area (Å²) in [6.07, 6.45) is 0.525. The summed E-state index contributed by atoms with van der Waals surface area (Å²) >= 11 is 0. The number of aromatic amines is 1. The minimum absolute atomic E-state index is 0.158. The summed E-state index contributed by atoms with van der Waals surface area (Å²) in [5, 5.41) is 16.0. The molecule has 5 heteroatoms. The van der Waals surface area contributed by atoms with Crippen LogP contribution >= 0.6 is 0 Å². The lowest BCUT2D eigenvalue weighted by molar-refractivity contribution is 0.0952. The maximum Gasteiger partial charge on any atom is 0.268 e. The number of fused-ring (bicyclic) bond motifs is 3. The molecule has 1 aliphatic heterocycles. The third kappa shape index (κ3) is 1.39. The van der Waals surface area contributed by atoms with Crippen LogP contribution in [0.5, 0.6) is 0 Å². The van der Waals surface area contributed by atoms with Gasteiger partial charge in [-0.05, 0) is 6.07 Å². The maximum absolute atomic E-state index is 11.9. The van der Waals surface area contributed by atoms with E-state index in [1.807, 2.05) is 24.3 Å². The van der Waals surface area contributed by atoms with Gasteiger partial charge in [0, 0.05) is 29.4 Å². The lowest BCUT2D eigenvalue weighted by Crippen LogP contribution is -2.23. The molecule has 0 saturated heterocycles. The van der Waals surface area contributed by atoms with E-state index >= 15 is 0 Å². The van der Waals surface area contributed by atoms with Crippen molar-refractivity contribution in [1.82, 2.24) is 10.3 Å². The van der Waals surface area contributed by atoms with Crippen molar-refractivity contribution in [1.29, 1.82) is 0 Å². The number of hydrogen-bond acceptors (Lipinski definition) is 3. The van der Waals surface area contributed by atoms with Crippen molar-refractivity contribution >= 4 is 22.5 Å². The number of amides is 1. The van der Waals surface area contributed by atoms with Crippen LogP contribution in [0.15, 0.2) is 29.4 Å². The van der Waals surface area contributed by atoms with Gasteiger partial charge in [-0.3, -0.25) is 4.79 Å². The van der Waals surface area contributed by atoms with Crippen LogP contribution in [0.4, 0.5) is 0 Å². The van der Waals surface area contributed by atoms with Crippen molar-refractivity contribution in [3.05, 3.63) is 35.5 Å². The lowest BCUT2D eigenvalue weighted by atomic mass is 10.0. The Balaban J connectivity index is 2.38. The number of hydrogen-bond donors (Lipinski definition) is 3. The van der Waals surface area contributed by atoms with Gasteiger partial charge in [0.1, 0.15) is 5.69 Å². The van der Waals surface area contributed by atoms with E-state index in [-0.39, 0.29) is 5.91 Å². The maximum atomic E-state index is 11.9. The Hall–Kier alpha value is -2.30. The van der Waals surface area contributed by atoms with Crippen LogP contribution in [-0.4, -0.2) is 28.4 Å². The van der Waals surface area contributed by atoms with Gasteiger partial charge in [-0.15, -0.1) is 0 Å². The average molecular weight is 229 g/mol. The van der Waals surface area contributed by atoms with Crippen molar-refractivity contribution in [3.8, 4) is 0 Å². The highest BCUT2D eigenvalue weighted by molar-refractivity contribution is 6.19. The number of aromatic nitrogens is 1. The predicted octanol–water partition coefficient (Wildman–Crippen LogP) is 1.48. The molecule has 5 nitrogen and oxygen atoms in total. The second-order valence-corrected chi connectivity index (χ2v) is 3.97. The summed E-state index contributed by atoms with van der Waals surface area (Å²) in [5.41, 5.74) is 2.58. The number of nitrogens with zero attached hydrogens (tertiary/aromatic N) is 1. The first-order chi connectivity index (χ1) is 8.31. The second-order valence-electron chi connectivity index (χ2n) is 3.97. The fourth-order valence-corrected chi connectivity index (χ4v) is 2.22. The molecule has 1 aliphatic rings. The summed E-state index contributed by atoms with van der Waals surface area (Å²) < 4.78 is 0. The smallest absolute Gasteiger partial charge is 0.268 e. The van der Waals surface area contributed by atoms with Gasteiger partial charge in [0.25, 0.3) is 5.91 Å². The molecule has 17 heavy (non-hydrogen) atoms. The van der Waals surface area contributed by atoms with Crippen molar-refractivity contribution in [3.63, 3.8) is 0 Å². The number of nitrogens with one attached hydrogen (secondary N) is 2. The van der Waals surface area contributed by atoms with E-state index in [9.17, 15) is 4.79 Å². The summed E-state index contributed by atoms with van der Waals surface area (Å²) in [4.78, 5) is 14.9. The number of oxime groups is 1. The zero-order valence-corrected chi connectivity index (χ0v) is 9.03. The summed E-state index contributed by atoms with van der Waals surface area (Å²) in [5.74, 6) is -0.158. The standard InChI is InChI=1S/C12H11N3O2/c16-12-11-10(9(15-17)5-6-13-12)7-3-1-2-4-8(7)14-11/h1-4,14,17H,5-6H2,(H,13,16)/b15-9+. The average Bonchev–Trinajstić information content (AvgIpc) is 2.66. The highest BCUT2D eigenvalue weighted by Crippen LogP contribution is 2.25. The van der Waals surface area contributed by atoms with E-state index in [0.29, 0.717) is 29.9 Å². The number of para-hydroxylation sites is 1. The van der Waals surface area contributed by atoms with E-state index in [1.54, 1.807) is 0 Å². The first-order valence-electron chi connectivity index (χ1n) is 5.41. The summed E-state index contributed by atoms with van der Waals surface area (Å²) in [6, 6.07) is 7.60. The van der Waals surface area contributed by atoms with E-state index in [0.717, 1.165) is 10.9 Å². The van der Waals surface area contributed by atoms with Gasteiger partial charge in [0.05, 0.1) is 5.71 Å². The Labute approximate surface area is 97.1 Å². The zero-order chi connectivity index (χ0) is 11.8. The monoisotopic (exact) mass is 229 g/mol. The molecule has 0 atom stereocenters. The number of carbonyl (C=O) groups excluding carboxylic acids is 1. The van der Waals surface area contributed by atoms with Gasteiger partial charge in [0.15, 0.2) is 0 Å². The minimum Gasteiger partial charge on any atom is -0.411 e. The van der Waals surface area contributed by atoms with Crippen molar-refractivity contribution in [2.24, 2.45) is 5.16 Å². The summed E-state index contributed by atoms with van der Waals surface area (Å²) in [6.45, 7) is 0.481. The normalized spacial score (nSPS) is 17.9. The molecular formula is C12H11N3O2. The first kappa shape index (κ1) is 9.89. The minimum atomic E-state index is -0.158. The molecule has 0 bridgehead atoms. The van der Waals surface area contributed by atoms with Crippen LogP contribution in [0.2, 0.25) is 0 Å². The second kappa shape index (κ2) is 3.62. The highest BCUT2D eigenvalue weighted by atomic mass is 16.4. The van der Waals surface area contributed by atoms with Gasteiger partial charge >= 0.3 is 0 Å². The molecule has 2 aromatic rings. The van der Waals surface area contributed by atoms with Crippen LogP contribution in [-0.2, 0) is 0 Å². The molecule has 0 unspecified atom stereocenters.